The fourth-order valence-corrected chi connectivity index (χ4v) is 4.71. The third kappa shape index (κ3) is 1.87. The maximum absolute atomic E-state index is 13.0. The monoisotopic (exact) mass is 300 g/mol. The molecule has 4 rings (SSSR count). The van der Waals surface area contributed by atoms with Crippen molar-refractivity contribution >= 4 is 5.91 Å². The zero-order valence-electron chi connectivity index (χ0n) is 13.4. The number of benzene rings is 1. The molecule has 4 nitrogen and oxygen atoms in total. The highest BCUT2D eigenvalue weighted by atomic mass is 16.5. The van der Waals surface area contributed by atoms with Crippen molar-refractivity contribution in [1.82, 2.24) is 9.80 Å². The van der Waals surface area contributed by atoms with Crippen LogP contribution in [0.4, 0.5) is 0 Å². The first-order valence-corrected chi connectivity index (χ1v) is 8.39. The lowest BCUT2D eigenvalue weighted by molar-refractivity contribution is -0.140. The Balaban J connectivity index is 1.70. The molecule has 4 atom stereocenters. The molecule has 0 unspecified atom stereocenters. The Morgan fingerprint density at radius 3 is 2.55 bits per heavy atom. The van der Waals surface area contributed by atoms with E-state index in [1.165, 1.54) is 18.4 Å². The van der Waals surface area contributed by atoms with Gasteiger partial charge >= 0.3 is 0 Å². The van der Waals surface area contributed by atoms with Crippen LogP contribution in [0.25, 0.3) is 0 Å². The van der Waals surface area contributed by atoms with E-state index in [0.29, 0.717) is 6.61 Å². The van der Waals surface area contributed by atoms with E-state index in [1.807, 2.05) is 23.1 Å². The van der Waals surface area contributed by atoms with Gasteiger partial charge in [-0.25, -0.2) is 0 Å². The number of hydrogen-bond donors (Lipinski definition) is 0. The van der Waals surface area contributed by atoms with Crippen molar-refractivity contribution in [3.63, 3.8) is 0 Å². The molecule has 0 aromatic heterocycles. The first-order chi connectivity index (χ1) is 10.6. The molecule has 0 saturated carbocycles. The van der Waals surface area contributed by atoms with Gasteiger partial charge in [0.15, 0.2) is 5.72 Å². The summed E-state index contributed by atoms with van der Waals surface area (Å²) < 4.78 is 6.26. The summed E-state index contributed by atoms with van der Waals surface area (Å²) in [5, 5.41) is 0. The first-order valence-electron chi connectivity index (χ1n) is 8.39. The highest BCUT2D eigenvalue weighted by Gasteiger charge is 2.62. The van der Waals surface area contributed by atoms with Gasteiger partial charge in [0.25, 0.3) is 0 Å². The van der Waals surface area contributed by atoms with Gasteiger partial charge in [0.1, 0.15) is 0 Å². The topological polar surface area (TPSA) is 32.8 Å². The van der Waals surface area contributed by atoms with E-state index in [9.17, 15) is 4.79 Å². The Hall–Kier alpha value is -1.39. The largest absolute Gasteiger partial charge is 0.352 e. The average molecular weight is 300 g/mol. The maximum Gasteiger partial charge on any atom is 0.230 e. The third-order valence-electron chi connectivity index (χ3n) is 5.69. The molecule has 0 aliphatic carbocycles. The molecule has 0 radical (unpaired) electrons. The minimum Gasteiger partial charge on any atom is -0.352 e. The first kappa shape index (κ1) is 14.2. The third-order valence-corrected chi connectivity index (χ3v) is 5.69. The van der Waals surface area contributed by atoms with E-state index in [-0.39, 0.29) is 23.9 Å². The van der Waals surface area contributed by atoms with Crippen molar-refractivity contribution in [3.8, 4) is 0 Å². The standard InChI is InChI=1S/C18H24N2O2/c1-13-16(19-10-6-7-11-19)18(2)20(17(13)21)15(12-22-18)14-8-4-3-5-9-14/h3-5,8-9,13,15-16H,6-7,10-12H2,1-2H3/t13-,15+,16+,18+/m0/s1. The molecule has 22 heavy (non-hydrogen) atoms. The molecule has 0 spiro atoms. The fraction of sp³-hybridized carbons (Fsp3) is 0.611. The Morgan fingerprint density at radius 2 is 1.86 bits per heavy atom. The van der Waals surface area contributed by atoms with Gasteiger partial charge in [-0.1, -0.05) is 37.3 Å². The van der Waals surface area contributed by atoms with Crippen molar-refractivity contribution in [3.05, 3.63) is 35.9 Å². The normalized spacial score (nSPS) is 38.7. The Kier molecular flexibility index (Phi) is 3.27. The van der Waals surface area contributed by atoms with Crippen molar-refractivity contribution in [2.75, 3.05) is 19.7 Å². The Labute approximate surface area is 132 Å². The van der Waals surface area contributed by atoms with Crippen LogP contribution in [0.5, 0.6) is 0 Å². The SMILES string of the molecule is C[C@@H]1C(=O)N2[C@@H](c3ccccc3)CO[C@]2(C)[C@@H]1N1CCCC1. The van der Waals surface area contributed by atoms with E-state index in [0.717, 1.165) is 13.1 Å². The number of ether oxygens (including phenoxy) is 1. The number of carbonyl (C=O) groups is 1. The lowest BCUT2D eigenvalue weighted by atomic mass is 9.96. The van der Waals surface area contributed by atoms with Gasteiger partial charge in [-0.3, -0.25) is 9.69 Å². The van der Waals surface area contributed by atoms with Crippen molar-refractivity contribution in [2.24, 2.45) is 5.92 Å². The second-order valence-electron chi connectivity index (χ2n) is 6.98. The highest BCUT2D eigenvalue weighted by Crippen LogP contribution is 2.49. The van der Waals surface area contributed by atoms with Crippen LogP contribution in [0.15, 0.2) is 30.3 Å². The number of carbonyl (C=O) groups excluding carboxylic acids is 1. The van der Waals surface area contributed by atoms with Crippen molar-refractivity contribution in [2.45, 2.75) is 44.5 Å². The molecule has 1 aromatic rings. The number of hydrogen-bond acceptors (Lipinski definition) is 3. The molecule has 4 heteroatoms. The zero-order chi connectivity index (χ0) is 15.3. The lowest BCUT2D eigenvalue weighted by Gasteiger charge is -2.38. The van der Waals surface area contributed by atoms with Gasteiger partial charge in [-0.2, -0.15) is 0 Å². The zero-order valence-corrected chi connectivity index (χ0v) is 13.4. The molecule has 3 aliphatic heterocycles. The summed E-state index contributed by atoms with van der Waals surface area (Å²) in [6, 6.07) is 10.5. The van der Waals surface area contributed by atoms with Crippen LogP contribution in [-0.2, 0) is 9.53 Å². The van der Waals surface area contributed by atoms with Crippen LogP contribution in [0.3, 0.4) is 0 Å². The predicted molar refractivity (Wildman–Crippen MR) is 84.1 cm³/mol. The van der Waals surface area contributed by atoms with E-state index >= 15 is 0 Å². The minimum atomic E-state index is -0.485. The molecule has 0 N–H and O–H groups in total. The van der Waals surface area contributed by atoms with Gasteiger partial charge in [-0.15, -0.1) is 0 Å². The van der Waals surface area contributed by atoms with Crippen molar-refractivity contribution in [1.29, 1.82) is 0 Å². The van der Waals surface area contributed by atoms with Crippen LogP contribution in [0, 0.1) is 5.92 Å². The number of likely N-dealkylation sites (tertiary alicyclic amines) is 1. The number of fused-ring (bicyclic) bond motifs is 1. The molecular weight excluding hydrogens is 276 g/mol. The summed E-state index contributed by atoms with van der Waals surface area (Å²) in [7, 11) is 0. The lowest BCUT2D eigenvalue weighted by Crippen LogP contribution is -2.53. The van der Waals surface area contributed by atoms with Crippen LogP contribution < -0.4 is 0 Å². The second kappa shape index (κ2) is 5.07. The Morgan fingerprint density at radius 1 is 1.18 bits per heavy atom. The summed E-state index contributed by atoms with van der Waals surface area (Å²) in [4.78, 5) is 17.5. The van der Waals surface area contributed by atoms with E-state index in [4.69, 9.17) is 4.74 Å². The summed E-state index contributed by atoms with van der Waals surface area (Å²) in [5.74, 6) is 0.250. The molecule has 1 aromatic carbocycles. The smallest absolute Gasteiger partial charge is 0.230 e. The van der Waals surface area contributed by atoms with E-state index < -0.39 is 5.72 Å². The predicted octanol–water partition coefficient (Wildman–Crippen LogP) is 2.42. The molecule has 1 amide bonds. The molecule has 3 heterocycles. The Bertz CT molecular complexity index is 570. The van der Waals surface area contributed by atoms with Crippen LogP contribution in [-0.4, -0.2) is 47.2 Å². The number of rotatable bonds is 2. The molecule has 3 saturated heterocycles. The summed E-state index contributed by atoms with van der Waals surface area (Å²) in [6.45, 7) is 6.96. The fourth-order valence-electron chi connectivity index (χ4n) is 4.71. The number of nitrogens with zero attached hydrogens (tertiary/aromatic N) is 2. The van der Waals surface area contributed by atoms with Crippen LogP contribution in [0.2, 0.25) is 0 Å². The summed E-state index contributed by atoms with van der Waals surface area (Å²) >= 11 is 0. The van der Waals surface area contributed by atoms with Gasteiger partial charge in [0.05, 0.1) is 24.6 Å². The van der Waals surface area contributed by atoms with Gasteiger partial charge in [0.2, 0.25) is 5.91 Å². The molecule has 3 aliphatic rings. The van der Waals surface area contributed by atoms with Gasteiger partial charge in [-0.05, 0) is 38.4 Å². The quantitative estimate of drug-likeness (QED) is 0.841. The maximum atomic E-state index is 13.0. The van der Waals surface area contributed by atoms with Crippen molar-refractivity contribution < 1.29 is 9.53 Å². The number of amides is 1. The molecule has 3 fully saturated rings. The van der Waals surface area contributed by atoms with Gasteiger partial charge in [0, 0.05) is 0 Å². The average Bonchev–Trinajstić information content (AvgIpc) is 3.19. The summed E-state index contributed by atoms with van der Waals surface area (Å²) in [5.41, 5.74) is 0.690. The highest BCUT2D eigenvalue weighted by molar-refractivity contribution is 5.84. The van der Waals surface area contributed by atoms with E-state index in [1.54, 1.807) is 0 Å². The minimum absolute atomic E-state index is 0.00890. The second-order valence-corrected chi connectivity index (χ2v) is 6.98. The molecule has 118 valence electrons. The van der Waals surface area contributed by atoms with Crippen LogP contribution in [0.1, 0.15) is 38.3 Å². The van der Waals surface area contributed by atoms with Crippen LogP contribution >= 0.6 is 0 Å². The molecular formula is C18H24N2O2. The van der Waals surface area contributed by atoms with Gasteiger partial charge < -0.3 is 9.64 Å². The summed E-state index contributed by atoms with van der Waals surface area (Å²) in [6.07, 6.45) is 2.46. The molecule has 0 bridgehead atoms. The van der Waals surface area contributed by atoms with E-state index in [2.05, 4.69) is 30.9 Å².